The lowest BCUT2D eigenvalue weighted by molar-refractivity contribution is -0.139. The summed E-state index contributed by atoms with van der Waals surface area (Å²) in [6.07, 6.45) is 2.07. The van der Waals surface area contributed by atoms with Crippen LogP contribution in [0.25, 0.3) is 0 Å². The maximum Gasteiger partial charge on any atom is 0.321 e. The lowest BCUT2D eigenvalue weighted by Crippen LogP contribution is -2.35. The molecule has 70 valence electrons. The third-order valence-corrected chi connectivity index (χ3v) is 1.79. The molecule has 2 N–H and O–H groups in total. The van der Waals surface area contributed by atoms with E-state index < -0.39 is 12.0 Å². The van der Waals surface area contributed by atoms with E-state index in [9.17, 15) is 4.79 Å². The molecule has 0 aliphatic rings. The van der Waals surface area contributed by atoms with Crippen molar-refractivity contribution in [3.8, 4) is 0 Å². The van der Waals surface area contributed by atoms with E-state index in [2.05, 4.69) is 10.3 Å². The molecule has 0 aliphatic heterocycles. The fraction of sp³-hybridized carbons (Fsp3) is 0.333. The number of hydrogen-bond acceptors (Lipinski definition) is 3. The molecule has 0 saturated heterocycles. The number of aliphatic carboxylic acids is 1. The molecule has 0 amide bonds. The summed E-state index contributed by atoms with van der Waals surface area (Å²) in [6, 6.07) is 4.90. The number of carboxylic acids is 1. The van der Waals surface area contributed by atoms with Gasteiger partial charge in [0.1, 0.15) is 6.04 Å². The van der Waals surface area contributed by atoms with E-state index in [1.165, 1.54) is 0 Å². The van der Waals surface area contributed by atoms with Crippen LogP contribution in [0.3, 0.4) is 0 Å². The second-order valence-electron chi connectivity index (χ2n) is 2.70. The fourth-order valence-electron chi connectivity index (χ4n) is 1.04. The van der Waals surface area contributed by atoms with Gasteiger partial charge < -0.3 is 10.4 Å². The van der Waals surface area contributed by atoms with Crippen molar-refractivity contribution in [1.29, 1.82) is 0 Å². The average Bonchev–Trinajstić information content (AvgIpc) is 2.15. The monoisotopic (exact) mass is 180 g/mol. The first kappa shape index (κ1) is 9.67. The van der Waals surface area contributed by atoms with Gasteiger partial charge in [0, 0.05) is 18.3 Å². The molecule has 4 heteroatoms. The Morgan fingerprint density at radius 1 is 1.69 bits per heavy atom. The highest BCUT2D eigenvalue weighted by atomic mass is 16.4. The molecule has 0 unspecified atom stereocenters. The van der Waals surface area contributed by atoms with Crippen LogP contribution in [0.1, 0.15) is 5.69 Å². The van der Waals surface area contributed by atoms with Gasteiger partial charge >= 0.3 is 5.97 Å². The second-order valence-corrected chi connectivity index (χ2v) is 2.70. The Balaban J connectivity index is 2.62. The predicted octanol–water partition coefficient (Wildman–Crippen LogP) is 0.297. The Bertz CT molecular complexity index is 274. The van der Waals surface area contributed by atoms with Crippen LogP contribution in [0.2, 0.25) is 0 Å². The number of carboxylic acid groups (broad SMARTS) is 1. The molecule has 1 atom stereocenters. The fourth-order valence-corrected chi connectivity index (χ4v) is 1.04. The smallest absolute Gasteiger partial charge is 0.321 e. The van der Waals surface area contributed by atoms with Gasteiger partial charge in [-0.2, -0.15) is 0 Å². The van der Waals surface area contributed by atoms with E-state index >= 15 is 0 Å². The quantitative estimate of drug-likeness (QED) is 0.699. The third kappa shape index (κ3) is 2.83. The molecule has 1 aromatic rings. The first-order valence-electron chi connectivity index (χ1n) is 4.04. The van der Waals surface area contributed by atoms with Crippen molar-refractivity contribution in [2.24, 2.45) is 0 Å². The van der Waals surface area contributed by atoms with E-state index in [0.717, 1.165) is 5.69 Å². The zero-order chi connectivity index (χ0) is 9.68. The third-order valence-electron chi connectivity index (χ3n) is 1.79. The van der Waals surface area contributed by atoms with Crippen LogP contribution in [0.5, 0.6) is 0 Å². The normalized spacial score (nSPS) is 12.4. The van der Waals surface area contributed by atoms with Gasteiger partial charge in [-0.05, 0) is 19.2 Å². The lowest BCUT2D eigenvalue weighted by atomic mass is 10.1. The van der Waals surface area contributed by atoms with E-state index in [1.807, 2.05) is 12.1 Å². The largest absolute Gasteiger partial charge is 0.480 e. The van der Waals surface area contributed by atoms with Crippen LogP contribution in [-0.2, 0) is 11.2 Å². The standard InChI is InChI=1S/C9H12N2O2/c1-10-8(9(12)13)6-7-4-2-3-5-11-7/h2-5,8,10H,6H2,1H3,(H,12,13)/t8-/m0/s1. The van der Waals surface area contributed by atoms with Gasteiger partial charge in [0.25, 0.3) is 0 Å². The molecule has 1 aromatic heterocycles. The molecule has 1 heterocycles. The zero-order valence-corrected chi connectivity index (χ0v) is 7.40. The van der Waals surface area contributed by atoms with Crippen molar-refractivity contribution in [2.45, 2.75) is 12.5 Å². The predicted molar refractivity (Wildman–Crippen MR) is 48.4 cm³/mol. The Morgan fingerprint density at radius 2 is 2.46 bits per heavy atom. The summed E-state index contributed by atoms with van der Waals surface area (Å²) >= 11 is 0. The number of likely N-dealkylation sites (N-methyl/N-ethyl adjacent to an activating group) is 1. The topological polar surface area (TPSA) is 62.2 Å². The number of pyridine rings is 1. The van der Waals surface area contributed by atoms with Crippen molar-refractivity contribution in [3.05, 3.63) is 30.1 Å². The van der Waals surface area contributed by atoms with Crippen LogP contribution in [0, 0.1) is 0 Å². The maximum absolute atomic E-state index is 10.6. The molecule has 0 fully saturated rings. The van der Waals surface area contributed by atoms with E-state index in [-0.39, 0.29) is 0 Å². The summed E-state index contributed by atoms with van der Waals surface area (Å²) in [6.45, 7) is 0. The number of hydrogen-bond donors (Lipinski definition) is 2. The summed E-state index contributed by atoms with van der Waals surface area (Å²) in [4.78, 5) is 14.7. The van der Waals surface area contributed by atoms with Gasteiger partial charge in [0.2, 0.25) is 0 Å². The molecule has 0 spiro atoms. The number of aromatic nitrogens is 1. The Morgan fingerprint density at radius 3 is 2.92 bits per heavy atom. The first-order valence-corrected chi connectivity index (χ1v) is 4.04. The van der Waals surface area contributed by atoms with Crippen molar-refractivity contribution < 1.29 is 9.90 Å². The summed E-state index contributed by atoms with van der Waals surface area (Å²) in [5.74, 6) is -0.854. The van der Waals surface area contributed by atoms with Crippen LogP contribution < -0.4 is 5.32 Å². The number of nitrogens with zero attached hydrogens (tertiary/aromatic N) is 1. The van der Waals surface area contributed by atoms with Gasteiger partial charge in [0.05, 0.1) is 0 Å². The molecular weight excluding hydrogens is 168 g/mol. The Kier molecular flexibility index (Phi) is 3.40. The summed E-state index contributed by atoms with van der Waals surface area (Å²) in [5, 5.41) is 11.5. The minimum atomic E-state index is -0.854. The summed E-state index contributed by atoms with van der Waals surface area (Å²) in [7, 11) is 1.63. The molecule has 4 nitrogen and oxygen atoms in total. The summed E-state index contributed by atoms with van der Waals surface area (Å²) in [5.41, 5.74) is 0.782. The van der Waals surface area contributed by atoms with Crippen molar-refractivity contribution in [3.63, 3.8) is 0 Å². The summed E-state index contributed by atoms with van der Waals surface area (Å²) < 4.78 is 0. The highest BCUT2D eigenvalue weighted by molar-refractivity contribution is 5.73. The van der Waals surface area contributed by atoms with E-state index in [4.69, 9.17) is 5.11 Å². The second kappa shape index (κ2) is 4.57. The van der Waals surface area contributed by atoms with Gasteiger partial charge in [-0.25, -0.2) is 0 Å². The lowest BCUT2D eigenvalue weighted by Gasteiger charge is -2.09. The molecule has 0 saturated carbocycles. The van der Waals surface area contributed by atoms with Crippen molar-refractivity contribution in [2.75, 3.05) is 7.05 Å². The zero-order valence-electron chi connectivity index (χ0n) is 7.40. The van der Waals surface area contributed by atoms with Gasteiger partial charge in [-0.1, -0.05) is 6.07 Å². The van der Waals surface area contributed by atoms with Gasteiger partial charge in [-0.3, -0.25) is 9.78 Å². The van der Waals surface area contributed by atoms with Gasteiger partial charge in [0.15, 0.2) is 0 Å². The highest BCUT2D eigenvalue weighted by Gasteiger charge is 2.15. The average molecular weight is 180 g/mol. The Hall–Kier alpha value is -1.42. The first-order chi connectivity index (χ1) is 6.24. The number of rotatable bonds is 4. The molecule has 0 aliphatic carbocycles. The van der Waals surface area contributed by atoms with Crippen molar-refractivity contribution in [1.82, 2.24) is 10.3 Å². The van der Waals surface area contributed by atoms with Crippen molar-refractivity contribution >= 4 is 5.97 Å². The molecule has 0 bridgehead atoms. The molecule has 0 radical (unpaired) electrons. The van der Waals surface area contributed by atoms with Crippen LogP contribution in [0.15, 0.2) is 24.4 Å². The van der Waals surface area contributed by atoms with Crippen LogP contribution in [-0.4, -0.2) is 29.1 Å². The molecular formula is C9H12N2O2. The molecule has 0 aromatic carbocycles. The van der Waals surface area contributed by atoms with Gasteiger partial charge in [-0.15, -0.1) is 0 Å². The molecule has 13 heavy (non-hydrogen) atoms. The highest BCUT2D eigenvalue weighted by Crippen LogP contribution is 1.98. The van der Waals surface area contributed by atoms with E-state index in [1.54, 1.807) is 19.3 Å². The van der Waals surface area contributed by atoms with E-state index in [0.29, 0.717) is 6.42 Å². The number of carbonyl (C=O) groups is 1. The minimum absolute atomic E-state index is 0.409. The minimum Gasteiger partial charge on any atom is -0.480 e. The SMILES string of the molecule is CN[C@@H](Cc1ccccn1)C(=O)O. The van der Waals surface area contributed by atoms with Crippen LogP contribution in [0.4, 0.5) is 0 Å². The number of nitrogens with one attached hydrogen (secondary N) is 1. The maximum atomic E-state index is 10.6. The molecule has 1 rings (SSSR count). The van der Waals surface area contributed by atoms with Crippen LogP contribution >= 0.6 is 0 Å². The Labute approximate surface area is 76.6 Å².